The third kappa shape index (κ3) is 6.29. The molecule has 0 atom stereocenters. The summed E-state index contributed by atoms with van der Waals surface area (Å²) in [5.74, 6) is 1.57. The molecule has 0 saturated carbocycles. The lowest BCUT2D eigenvalue weighted by Gasteiger charge is -2.34. The lowest BCUT2D eigenvalue weighted by Crippen LogP contribution is -2.50. The van der Waals surface area contributed by atoms with Gasteiger partial charge in [0.2, 0.25) is 11.7 Å². The first kappa shape index (κ1) is 29.1. The standard InChI is InChI=1S/C30H30Cl2N2O6/c1-37-22-8-5-19(6-9-22)23(20-7-10-24(31)25(32)15-20)18-28(35)33-11-13-34(14-12-33)30(36)21-16-26(38-2)29(40-4)27(17-21)39-3/h5-10,15-18H,11-14H2,1-4H3/b23-18+. The summed E-state index contributed by atoms with van der Waals surface area (Å²) < 4.78 is 21.4. The molecule has 4 rings (SSSR count). The van der Waals surface area contributed by atoms with Gasteiger partial charge in [0.1, 0.15) is 5.75 Å². The van der Waals surface area contributed by atoms with Crippen molar-refractivity contribution in [3.63, 3.8) is 0 Å². The highest BCUT2D eigenvalue weighted by molar-refractivity contribution is 6.42. The largest absolute Gasteiger partial charge is 0.497 e. The number of benzene rings is 3. The van der Waals surface area contributed by atoms with Crippen LogP contribution in [-0.4, -0.2) is 76.2 Å². The van der Waals surface area contributed by atoms with Crippen LogP contribution in [0, 0.1) is 0 Å². The van der Waals surface area contributed by atoms with Crippen LogP contribution in [0.4, 0.5) is 0 Å². The summed E-state index contributed by atoms with van der Waals surface area (Å²) in [5.41, 5.74) is 2.69. The Morgan fingerprint density at radius 3 is 1.77 bits per heavy atom. The van der Waals surface area contributed by atoms with Crippen molar-refractivity contribution in [1.82, 2.24) is 9.80 Å². The number of ether oxygens (including phenoxy) is 4. The first-order valence-corrected chi connectivity index (χ1v) is 13.2. The van der Waals surface area contributed by atoms with E-state index in [1.54, 1.807) is 47.3 Å². The van der Waals surface area contributed by atoms with E-state index in [0.717, 1.165) is 11.1 Å². The number of rotatable bonds is 8. The summed E-state index contributed by atoms with van der Waals surface area (Å²) in [6.45, 7) is 1.50. The second-order valence-corrected chi connectivity index (χ2v) is 9.76. The van der Waals surface area contributed by atoms with Crippen molar-refractivity contribution in [3.8, 4) is 23.0 Å². The summed E-state index contributed by atoms with van der Waals surface area (Å²) in [6.07, 6.45) is 1.60. The number of nitrogens with zero attached hydrogens (tertiary/aromatic N) is 2. The summed E-state index contributed by atoms with van der Waals surface area (Å²) in [7, 11) is 6.11. The highest BCUT2D eigenvalue weighted by Crippen LogP contribution is 2.38. The van der Waals surface area contributed by atoms with Gasteiger partial charge in [-0.25, -0.2) is 0 Å². The Bertz CT molecular complexity index is 1390. The zero-order valence-corrected chi connectivity index (χ0v) is 24.2. The number of methoxy groups -OCH3 is 4. The van der Waals surface area contributed by atoms with E-state index in [2.05, 4.69) is 0 Å². The van der Waals surface area contributed by atoms with Gasteiger partial charge in [-0.05, 0) is 53.1 Å². The van der Waals surface area contributed by atoms with Crippen LogP contribution in [0.25, 0.3) is 5.57 Å². The molecule has 0 radical (unpaired) electrons. The lowest BCUT2D eigenvalue weighted by molar-refractivity contribution is -0.127. The highest BCUT2D eigenvalue weighted by atomic mass is 35.5. The van der Waals surface area contributed by atoms with E-state index >= 15 is 0 Å². The van der Waals surface area contributed by atoms with E-state index < -0.39 is 0 Å². The third-order valence-electron chi connectivity index (χ3n) is 6.69. The number of halogens is 2. The molecule has 1 saturated heterocycles. The number of carbonyl (C=O) groups is 2. The molecular weight excluding hydrogens is 555 g/mol. The van der Waals surface area contributed by atoms with Crippen molar-refractivity contribution in [1.29, 1.82) is 0 Å². The number of carbonyl (C=O) groups excluding carboxylic acids is 2. The molecule has 0 unspecified atom stereocenters. The molecule has 210 valence electrons. The molecule has 3 aromatic rings. The molecule has 1 aliphatic rings. The highest BCUT2D eigenvalue weighted by Gasteiger charge is 2.26. The Morgan fingerprint density at radius 2 is 1.25 bits per heavy atom. The van der Waals surface area contributed by atoms with Crippen molar-refractivity contribution in [3.05, 3.63) is 87.4 Å². The van der Waals surface area contributed by atoms with E-state index in [1.165, 1.54) is 21.3 Å². The summed E-state index contributed by atoms with van der Waals surface area (Å²) in [5, 5.41) is 0.823. The van der Waals surface area contributed by atoms with Gasteiger partial charge >= 0.3 is 0 Å². The molecule has 0 spiro atoms. The van der Waals surface area contributed by atoms with Gasteiger partial charge in [-0.1, -0.05) is 41.4 Å². The Kier molecular flexibility index (Phi) is 9.45. The zero-order valence-electron chi connectivity index (χ0n) is 22.7. The van der Waals surface area contributed by atoms with Crippen LogP contribution in [-0.2, 0) is 4.79 Å². The maximum Gasteiger partial charge on any atom is 0.254 e. The number of piperazine rings is 1. The molecule has 0 bridgehead atoms. The van der Waals surface area contributed by atoms with Gasteiger partial charge in [0.25, 0.3) is 5.91 Å². The van der Waals surface area contributed by atoms with Crippen molar-refractivity contribution in [2.24, 2.45) is 0 Å². The van der Waals surface area contributed by atoms with Gasteiger partial charge in [-0.3, -0.25) is 9.59 Å². The van der Waals surface area contributed by atoms with Crippen LogP contribution < -0.4 is 18.9 Å². The maximum atomic E-state index is 13.4. The monoisotopic (exact) mass is 584 g/mol. The number of hydrogen-bond acceptors (Lipinski definition) is 6. The Labute approximate surface area is 243 Å². The van der Waals surface area contributed by atoms with Crippen LogP contribution in [0.3, 0.4) is 0 Å². The Morgan fingerprint density at radius 1 is 0.675 bits per heavy atom. The Hall–Kier alpha value is -3.88. The minimum atomic E-state index is -0.184. The van der Waals surface area contributed by atoms with E-state index in [9.17, 15) is 9.59 Å². The maximum absolute atomic E-state index is 13.4. The van der Waals surface area contributed by atoms with E-state index in [1.807, 2.05) is 30.3 Å². The van der Waals surface area contributed by atoms with Crippen LogP contribution in [0.2, 0.25) is 10.0 Å². The molecule has 0 N–H and O–H groups in total. The molecule has 8 nitrogen and oxygen atoms in total. The van der Waals surface area contributed by atoms with E-state index in [-0.39, 0.29) is 11.8 Å². The van der Waals surface area contributed by atoms with Crippen LogP contribution in [0.15, 0.2) is 60.7 Å². The second kappa shape index (κ2) is 13.0. The summed E-state index contributed by atoms with van der Waals surface area (Å²) in [6, 6.07) is 16.0. The number of hydrogen-bond donors (Lipinski definition) is 0. The minimum absolute atomic E-state index is 0.170. The van der Waals surface area contributed by atoms with Gasteiger partial charge in [-0.2, -0.15) is 0 Å². The molecule has 2 amide bonds. The lowest BCUT2D eigenvalue weighted by atomic mass is 9.97. The molecule has 3 aromatic carbocycles. The zero-order chi connectivity index (χ0) is 28.8. The fraction of sp³-hybridized carbons (Fsp3) is 0.267. The average Bonchev–Trinajstić information content (AvgIpc) is 3.00. The van der Waals surface area contributed by atoms with Crippen LogP contribution in [0.1, 0.15) is 21.5 Å². The Balaban J connectivity index is 1.53. The molecule has 1 heterocycles. The van der Waals surface area contributed by atoms with Gasteiger partial charge < -0.3 is 28.7 Å². The predicted octanol–water partition coefficient (Wildman–Crippen LogP) is 5.44. The third-order valence-corrected chi connectivity index (χ3v) is 7.43. The van der Waals surface area contributed by atoms with Gasteiger partial charge in [0.15, 0.2) is 11.5 Å². The molecule has 0 aromatic heterocycles. The summed E-state index contributed by atoms with van der Waals surface area (Å²) >= 11 is 12.4. The minimum Gasteiger partial charge on any atom is -0.497 e. The second-order valence-electron chi connectivity index (χ2n) is 8.95. The van der Waals surface area contributed by atoms with Gasteiger partial charge in [0, 0.05) is 37.8 Å². The predicted molar refractivity (Wildman–Crippen MR) is 155 cm³/mol. The fourth-order valence-electron chi connectivity index (χ4n) is 4.50. The number of amides is 2. The quantitative estimate of drug-likeness (QED) is 0.328. The fourth-order valence-corrected chi connectivity index (χ4v) is 4.80. The van der Waals surface area contributed by atoms with Crippen molar-refractivity contribution in [2.75, 3.05) is 54.6 Å². The van der Waals surface area contributed by atoms with Gasteiger partial charge in [0.05, 0.1) is 38.5 Å². The molecule has 1 fully saturated rings. The van der Waals surface area contributed by atoms with E-state index in [0.29, 0.717) is 70.4 Å². The van der Waals surface area contributed by atoms with Crippen LogP contribution >= 0.6 is 23.2 Å². The first-order chi connectivity index (χ1) is 19.3. The summed E-state index contributed by atoms with van der Waals surface area (Å²) in [4.78, 5) is 30.2. The topological polar surface area (TPSA) is 77.5 Å². The normalized spacial score (nSPS) is 13.6. The van der Waals surface area contributed by atoms with Crippen molar-refractivity contribution in [2.45, 2.75) is 0 Å². The molecule has 40 heavy (non-hydrogen) atoms. The molecule has 10 heteroatoms. The first-order valence-electron chi connectivity index (χ1n) is 12.5. The average molecular weight is 585 g/mol. The molecular formula is C30H30Cl2N2O6. The SMILES string of the molecule is COc1ccc(/C(=C\C(=O)N2CCN(C(=O)c3cc(OC)c(OC)c(OC)c3)CC2)c2ccc(Cl)c(Cl)c2)cc1. The molecule has 1 aliphatic heterocycles. The van der Waals surface area contributed by atoms with Gasteiger partial charge in [-0.15, -0.1) is 0 Å². The smallest absolute Gasteiger partial charge is 0.254 e. The van der Waals surface area contributed by atoms with Crippen LogP contribution in [0.5, 0.6) is 23.0 Å². The van der Waals surface area contributed by atoms with Crippen molar-refractivity contribution < 1.29 is 28.5 Å². The molecule has 0 aliphatic carbocycles. The van der Waals surface area contributed by atoms with E-state index in [4.69, 9.17) is 42.1 Å². The van der Waals surface area contributed by atoms with Crippen molar-refractivity contribution >= 4 is 40.6 Å².